The zero-order valence-corrected chi connectivity index (χ0v) is 56.3. The number of unbranched alkanes of at least 4 members (excludes halogenated alkanes) is 4. The number of carbonyl (C=O) groups is 9. The largest absolute Gasteiger partial charge is 0.508 e. The molecule has 0 aromatic heterocycles. The van der Waals surface area contributed by atoms with Gasteiger partial charge >= 0.3 is 0 Å². The highest BCUT2D eigenvalue weighted by molar-refractivity contribution is 6.32. The molecule has 99 heavy (non-hydrogen) atoms. The van der Waals surface area contributed by atoms with Gasteiger partial charge in [-0.2, -0.15) is 0 Å². The number of rotatable bonds is 15. The minimum Gasteiger partial charge on any atom is -0.508 e. The van der Waals surface area contributed by atoms with Crippen LogP contribution in [0, 0.1) is 29.6 Å². The van der Waals surface area contributed by atoms with Crippen LogP contribution in [0.5, 0.6) is 46.0 Å². The van der Waals surface area contributed by atoms with Crippen LogP contribution in [0.1, 0.15) is 162 Å². The number of aromatic hydroxyl groups is 4. The first-order valence-electron chi connectivity index (χ1n) is 33.4. The van der Waals surface area contributed by atoms with Crippen LogP contribution in [0.25, 0.3) is 11.1 Å². The number of carbonyl (C=O) groups excluding carboxylic acids is 9. The Hall–Kier alpha value is -9.21. The molecular formula is C71H81Cl2N9O17. The number of aliphatic hydroxyl groups is 2. The maximum atomic E-state index is 15.9. The van der Waals surface area contributed by atoms with Crippen LogP contribution in [0.15, 0.2) is 78.9 Å². The van der Waals surface area contributed by atoms with Crippen molar-refractivity contribution in [1.29, 1.82) is 0 Å². The van der Waals surface area contributed by atoms with Crippen molar-refractivity contribution in [2.75, 3.05) is 7.05 Å². The first-order valence-corrected chi connectivity index (χ1v) is 34.2. The van der Waals surface area contributed by atoms with E-state index in [1.165, 1.54) is 55.6 Å². The summed E-state index contributed by atoms with van der Waals surface area (Å²) in [5.74, 6) is -12.8. The number of halogens is 2. The van der Waals surface area contributed by atoms with Crippen LogP contribution in [0.3, 0.4) is 0 Å². The number of hydrogen-bond acceptors (Lipinski definition) is 18. The van der Waals surface area contributed by atoms with E-state index in [0.29, 0.717) is 24.7 Å². The van der Waals surface area contributed by atoms with Crippen molar-refractivity contribution in [3.8, 4) is 57.1 Å². The summed E-state index contributed by atoms with van der Waals surface area (Å²) >= 11 is 13.9. The summed E-state index contributed by atoms with van der Waals surface area (Å²) in [7, 11) is 1.51. The maximum absolute atomic E-state index is 15.9. The molecule has 5 aromatic carbocycles. The van der Waals surface area contributed by atoms with E-state index in [0.717, 1.165) is 81.7 Å². The van der Waals surface area contributed by atoms with Gasteiger partial charge in [0.25, 0.3) is 0 Å². The second-order valence-corrected chi connectivity index (χ2v) is 28.0. The number of fused-ring (bicyclic) bond motifs is 15. The molecule has 9 atom stereocenters. The Bertz CT molecular complexity index is 3990. The van der Waals surface area contributed by atoms with E-state index in [-0.39, 0.29) is 97.1 Å². The number of amides is 9. The Labute approximate surface area is 580 Å². The zero-order valence-electron chi connectivity index (χ0n) is 54.8. The van der Waals surface area contributed by atoms with Crippen molar-refractivity contribution in [3.63, 3.8) is 0 Å². The quantitative estimate of drug-likeness (QED) is 0.0481. The Balaban J connectivity index is 1.06. The van der Waals surface area contributed by atoms with E-state index in [1.807, 2.05) is 20.8 Å². The molecule has 0 radical (unpaired) electrons. The summed E-state index contributed by atoms with van der Waals surface area (Å²) in [6.45, 7) is 5.73. The van der Waals surface area contributed by atoms with E-state index in [4.69, 9.17) is 32.7 Å². The minimum atomic E-state index is -2.20. The number of benzene rings is 5. The highest BCUT2D eigenvalue weighted by atomic mass is 35.5. The van der Waals surface area contributed by atoms with Gasteiger partial charge in [-0.1, -0.05) is 87.9 Å². The fraction of sp³-hybridized carbons (Fsp3) is 0.451. The van der Waals surface area contributed by atoms with E-state index in [2.05, 4.69) is 47.9 Å². The lowest BCUT2D eigenvalue weighted by molar-refractivity contribution is -0.138. The summed E-state index contributed by atoms with van der Waals surface area (Å²) in [6, 6.07) is 1.54. The summed E-state index contributed by atoms with van der Waals surface area (Å²) < 4.78 is 12.6. The molecule has 4 aliphatic carbocycles. The van der Waals surface area contributed by atoms with Crippen molar-refractivity contribution in [1.82, 2.24) is 47.9 Å². The number of ether oxygens (including phenoxy) is 2. The van der Waals surface area contributed by atoms with Crippen LogP contribution in [-0.4, -0.2) is 121 Å². The van der Waals surface area contributed by atoms with Gasteiger partial charge in [0.05, 0.1) is 22.5 Å². The van der Waals surface area contributed by atoms with E-state index in [9.17, 15) is 45.0 Å². The molecular weight excluding hydrogens is 1320 g/mol. The van der Waals surface area contributed by atoms with Gasteiger partial charge in [-0.3, -0.25) is 48.5 Å². The monoisotopic (exact) mass is 1400 g/mol. The first-order chi connectivity index (χ1) is 47.2. The highest BCUT2D eigenvalue weighted by Gasteiger charge is 2.50. The molecule has 0 saturated heterocycles. The third-order valence-corrected chi connectivity index (χ3v) is 20.2. The molecule has 28 heteroatoms. The number of imide groups is 1. The van der Waals surface area contributed by atoms with Crippen LogP contribution in [-0.2, 0) is 43.2 Å². The summed E-state index contributed by atoms with van der Waals surface area (Å²) in [5, 5.41) is 95.2. The van der Waals surface area contributed by atoms with Crippen LogP contribution in [0.4, 0.5) is 0 Å². The Morgan fingerprint density at radius 2 is 1.19 bits per heavy atom. The van der Waals surface area contributed by atoms with Crippen LogP contribution >= 0.6 is 23.2 Å². The van der Waals surface area contributed by atoms with Gasteiger partial charge in [-0.15, -0.1) is 0 Å². The average molecular weight is 1400 g/mol. The van der Waals surface area contributed by atoms with Crippen LogP contribution in [0.2, 0.25) is 10.0 Å². The maximum Gasteiger partial charge on any atom is 0.248 e. The highest BCUT2D eigenvalue weighted by Crippen LogP contribution is 2.54. The lowest BCUT2D eigenvalue weighted by atomic mass is 9.54. The van der Waals surface area contributed by atoms with E-state index >= 15 is 28.8 Å². The summed E-state index contributed by atoms with van der Waals surface area (Å²) in [6.07, 6.45) is 3.45. The molecule has 5 aromatic rings. The smallest absolute Gasteiger partial charge is 0.248 e. The van der Waals surface area contributed by atoms with Crippen LogP contribution < -0.4 is 57.3 Å². The Morgan fingerprint density at radius 1 is 0.596 bits per heavy atom. The van der Waals surface area contributed by atoms with Crippen molar-refractivity contribution in [2.24, 2.45) is 29.6 Å². The molecule has 4 saturated carbocycles. The number of aliphatic hydroxyl groups excluding tert-OH is 2. The fourth-order valence-corrected chi connectivity index (χ4v) is 15.4. The van der Waals surface area contributed by atoms with Crippen molar-refractivity contribution in [2.45, 2.75) is 165 Å². The third kappa shape index (κ3) is 15.6. The van der Waals surface area contributed by atoms with Gasteiger partial charge in [0, 0.05) is 29.7 Å². The molecule has 526 valence electrons. The SMILES string of the molecule is CCCCCCCC(=O)NC(=O)C[C@@H]1NC(=O)[C@H](NC(=O)[C@@H](CC(C)C)NC)[C@H](O)c2ccc(c(Cl)c2)Oc2cc3cc(c2O)Oc2ccc(cc2Cl)[C@@H](O)[C@@H]2NC(=O)[C@H](NC(=O)[C@@H]3NC1=O)c1ccc(O)c(c1)-c1c(O)cc(O)cc1[C@@H](C(=O)NC1C3CC4CC(C3)CC1C4)NC2=O. The van der Waals surface area contributed by atoms with Crippen molar-refractivity contribution < 1.29 is 83.3 Å². The number of likely N-dealkylation sites (N-methyl/N-ethyl adjacent to an activating group) is 1. The van der Waals surface area contributed by atoms with Gasteiger partial charge in [0.15, 0.2) is 11.5 Å². The number of hydrogen-bond donors (Lipinski definition) is 15. The molecule has 5 aliphatic heterocycles. The topological polar surface area (TPSA) is 402 Å². The van der Waals surface area contributed by atoms with Gasteiger partial charge in [0.2, 0.25) is 58.9 Å². The molecule has 15 bridgehead atoms. The second-order valence-electron chi connectivity index (χ2n) is 27.2. The number of phenolic OH excluding ortho intramolecular Hbond substituents is 4. The second kappa shape index (κ2) is 30.1. The molecule has 15 N–H and O–H groups in total. The van der Waals surface area contributed by atoms with Gasteiger partial charge < -0.3 is 82.6 Å². The molecule has 26 nitrogen and oxygen atoms in total. The third-order valence-electron chi connectivity index (χ3n) is 19.7. The van der Waals surface area contributed by atoms with Gasteiger partial charge in [-0.25, -0.2) is 0 Å². The predicted octanol–water partition coefficient (Wildman–Crippen LogP) is 6.77. The minimum absolute atomic E-state index is 0.0555. The lowest BCUT2D eigenvalue weighted by Gasteiger charge is -2.54. The summed E-state index contributed by atoms with van der Waals surface area (Å²) in [4.78, 5) is 134. The molecule has 9 aliphatic rings. The standard InChI is InChI=1S/C71H81Cl2N9O17/c1-5-6-7-8-9-10-53(86)76-54(87)30-46-66(92)78-58-39-26-51(98-49-15-12-35(24-43(49)72)62(88)60(70(96)75-46)81-65(91)45(74-4)17-31(2)3)64(90)52(27-39)99-50-16-13-36(25-44(50)73)63(89)61-71(97)80-59(69(95)77-56-37-19-32-18-33(21-37)22-38(56)20-32)42-28-40(83)29-48(85)55(42)41-23-34(11-14-47(41)84)57(67(93)82-61)79-68(58)94/h11-16,23-29,31-33,37-38,45-46,56-63,74,83-85,88-90H,5-10,17-22,30H2,1-4H3,(H,75,96)(H,77,95)(H,78,92)(H,79,94)(H,80,97)(H,81,91)(H,82,93)(H,76,86,87)/t32?,33?,37?,38?,45-,46+,56?,57-,58-,59+,60-,61+,62-,63-/m1/s1. The number of phenols is 4. The lowest BCUT2D eigenvalue weighted by Crippen LogP contribution is -2.59. The Kier molecular flexibility index (Phi) is 21.6. The van der Waals surface area contributed by atoms with E-state index in [1.54, 1.807) is 0 Å². The summed E-state index contributed by atoms with van der Waals surface area (Å²) in [5.41, 5.74) is -1.62. The fourth-order valence-electron chi connectivity index (χ4n) is 14.9. The number of nitrogens with one attached hydrogen (secondary N) is 9. The normalized spacial score (nSPS) is 25.9. The predicted molar refractivity (Wildman–Crippen MR) is 359 cm³/mol. The molecule has 0 unspecified atom stereocenters. The molecule has 14 rings (SSSR count). The van der Waals surface area contributed by atoms with Crippen molar-refractivity contribution >= 4 is 76.4 Å². The first kappa shape index (κ1) is 71.1. The zero-order chi connectivity index (χ0) is 70.8. The van der Waals surface area contributed by atoms with Gasteiger partial charge in [-0.05, 0) is 164 Å². The molecule has 0 spiro atoms. The Morgan fingerprint density at radius 3 is 1.81 bits per heavy atom. The van der Waals surface area contributed by atoms with E-state index < -0.39 is 149 Å². The average Bonchev–Trinajstić information content (AvgIpc) is 0.756. The molecule has 9 amide bonds. The molecule has 5 heterocycles. The van der Waals surface area contributed by atoms with Crippen molar-refractivity contribution in [3.05, 3.63) is 117 Å². The van der Waals surface area contributed by atoms with Gasteiger partial charge in [0.1, 0.15) is 77.2 Å². The molecule has 4 fully saturated rings.